The highest BCUT2D eigenvalue weighted by atomic mass is 16.2. The van der Waals surface area contributed by atoms with Crippen LogP contribution in [0.4, 0.5) is 5.69 Å². The molecule has 1 aliphatic rings. The summed E-state index contributed by atoms with van der Waals surface area (Å²) < 4.78 is 0. The van der Waals surface area contributed by atoms with Crippen LogP contribution in [0.15, 0.2) is 79.0 Å². The minimum Gasteiger partial charge on any atom is -0.311 e. The van der Waals surface area contributed by atoms with Crippen LogP contribution in [0.5, 0.6) is 0 Å². The van der Waals surface area contributed by atoms with E-state index in [9.17, 15) is 10.1 Å². The molecule has 1 saturated heterocycles. The zero-order valence-corrected chi connectivity index (χ0v) is 14.8. The molecule has 0 spiro atoms. The third kappa shape index (κ3) is 3.32. The van der Waals surface area contributed by atoms with Gasteiger partial charge < -0.3 is 4.90 Å². The molecule has 132 valence electrons. The fourth-order valence-corrected chi connectivity index (χ4v) is 3.79. The van der Waals surface area contributed by atoms with Crippen LogP contribution in [0, 0.1) is 11.3 Å². The van der Waals surface area contributed by atoms with Crippen molar-refractivity contribution in [3.05, 3.63) is 95.8 Å². The summed E-state index contributed by atoms with van der Waals surface area (Å²) in [5.41, 5.74) is 3.21. The number of carbonyl (C=O) groups excluding carboxylic acids is 1. The monoisotopic (exact) mass is 353 g/mol. The molecular weight excluding hydrogens is 334 g/mol. The van der Waals surface area contributed by atoms with E-state index < -0.39 is 0 Å². The van der Waals surface area contributed by atoms with Gasteiger partial charge in [-0.05, 0) is 42.3 Å². The van der Waals surface area contributed by atoms with Gasteiger partial charge >= 0.3 is 0 Å². The Morgan fingerprint density at radius 1 is 0.963 bits per heavy atom. The number of rotatable bonds is 3. The van der Waals surface area contributed by atoms with Crippen molar-refractivity contribution in [3.8, 4) is 6.07 Å². The number of hydrogen-bond acceptors (Lipinski definition) is 3. The van der Waals surface area contributed by atoms with Gasteiger partial charge in [-0.1, -0.05) is 42.5 Å². The number of para-hydroxylation sites is 1. The first kappa shape index (κ1) is 17.0. The molecule has 2 unspecified atom stereocenters. The quantitative estimate of drug-likeness (QED) is 0.707. The first-order valence-electron chi connectivity index (χ1n) is 9.04. The zero-order valence-electron chi connectivity index (χ0n) is 14.8. The van der Waals surface area contributed by atoms with Gasteiger partial charge in [-0.25, -0.2) is 0 Å². The Hall–Kier alpha value is -3.45. The van der Waals surface area contributed by atoms with E-state index in [1.54, 1.807) is 12.3 Å². The first-order valence-corrected chi connectivity index (χ1v) is 9.04. The molecular formula is C23H19N3O. The van der Waals surface area contributed by atoms with Crippen molar-refractivity contribution in [1.29, 1.82) is 5.26 Å². The molecule has 2 heterocycles. The maximum Gasteiger partial charge on any atom is 0.234 e. The summed E-state index contributed by atoms with van der Waals surface area (Å²) in [5, 5.41) is 9.51. The zero-order chi connectivity index (χ0) is 18.6. The number of pyridine rings is 1. The smallest absolute Gasteiger partial charge is 0.234 e. The van der Waals surface area contributed by atoms with Gasteiger partial charge in [0.05, 0.1) is 17.6 Å². The van der Waals surface area contributed by atoms with Crippen molar-refractivity contribution in [2.75, 3.05) is 11.4 Å². The first-order chi connectivity index (χ1) is 13.3. The number of anilines is 1. The van der Waals surface area contributed by atoms with Crippen molar-refractivity contribution >= 4 is 11.6 Å². The highest BCUT2D eigenvalue weighted by molar-refractivity contribution is 5.99. The van der Waals surface area contributed by atoms with E-state index in [1.165, 1.54) is 0 Å². The fraction of sp³-hybridized carbons (Fsp3) is 0.174. The second kappa shape index (κ2) is 7.43. The standard InChI is InChI=1S/C23H19N3O/c24-15-17-8-4-5-11-20(17)21-14-18(22-12-6-7-13-25-22)16-26(23(21)27)19-9-2-1-3-10-19/h1-13,18,21H,14,16H2. The van der Waals surface area contributed by atoms with Crippen LogP contribution >= 0.6 is 0 Å². The Balaban J connectivity index is 1.78. The van der Waals surface area contributed by atoms with E-state index >= 15 is 0 Å². The van der Waals surface area contributed by atoms with Crippen LogP contribution in [0.2, 0.25) is 0 Å². The topological polar surface area (TPSA) is 57.0 Å². The van der Waals surface area contributed by atoms with Crippen molar-refractivity contribution in [2.45, 2.75) is 18.3 Å². The third-order valence-corrected chi connectivity index (χ3v) is 5.12. The second-order valence-corrected chi connectivity index (χ2v) is 6.72. The normalized spacial score (nSPS) is 19.5. The van der Waals surface area contributed by atoms with Crippen LogP contribution in [0.25, 0.3) is 0 Å². The van der Waals surface area contributed by atoms with Gasteiger partial charge in [-0.3, -0.25) is 9.78 Å². The summed E-state index contributed by atoms with van der Waals surface area (Å²) in [6.07, 6.45) is 2.44. The molecule has 27 heavy (non-hydrogen) atoms. The minimum absolute atomic E-state index is 0.0380. The van der Waals surface area contributed by atoms with Gasteiger partial charge in [0, 0.05) is 30.0 Å². The number of carbonyl (C=O) groups is 1. The van der Waals surface area contributed by atoms with Crippen molar-refractivity contribution in [1.82, 2.24) is 4.98 Å². The number of amides is 1. The van der Waals surface area contributed by atoms with E-state index in [0.717, 1.165) is 16.9 Å². The molecule has 2 atom stereocenters. The maximum atomic E-state index is 13.4. The van der Waals surface area contributed by atoms with E-state index in [4.69, 9.17) is 0 Å². The predicted octanol–water partition coefficient (Wildman–Crippen LogP) is 4.26. The summed E-state index contributed by atoms with van der Waals surface area (Å²) >= 11 is 0. The van der Waals surface area contributed by atoms with Crippen molar-refractivity contribution in [3.63, 3.8) is 0 Å². The molecule has 3 aromatic rings. The lowest BCUT2D eigenvalue weighted by Gasteiger charge is -2.37. The molecule has 2 aromatic carbocycles. The summed E-state index contributed by atoms with van der Waals surface area (Å²) in [6.45, 7) is 0.588. The molecule has 1 aliphatic heterocycles. The molecule has 1 fully saturated rings. The minimum atomic E-state index is -0.359. The van der Waals surface area contributed by atoms with Gasteiger partial charge in [0.15, 0.2) is 0 Å². The molecule has 1 amide bonds. The Bertz CT molecular complexity index is 979. The number of nitriles is 1. The van der Waals surface area contributed by atoms with Gasteiger partial charge in [0.2, 0.25) is 5.91 Å². The number of nitrogens with zero attached hydrogens (tertiary/aromatic N) is 3. The lowest BCUT2D eigenvalue weighted by atomic mass is 9.80. The van der Waals surface area contributed by atoms with Crippen LogP contribution in [-0.2, 0) is 4.79 Å². The van der Waals surface area contributed by atoms with E-state index in [1.807, 2.05) is 71.6 Å². The van der Waals surface area contributed by atoms with Crippen molar-refractivity contribution < 1.29 is 4.79 Å². The summed E-state index contributed by atoms with van der Waals surface area (Å²) in [6, 6.07) is 25.2. The average molecular weight is 353 g/mol. The van der Waals surface area contributed by atoms with Crippen LogP contribution in [-0.4, -0.2) is 17.4 Å². The van der Waals surface area contributed by atoms with Gasteiger partial charge in [-0.15, -0.1) is 0 Å². The van der Waals surface area contributed by atoms with E-state index in [0.29, 0.717) is 18.5 Å². The summed E-state index contributed by atoms with van der Waals surface area (Å²) in [4.78, 5) is 19.7. The van der Waals surface area contributed by atoms with Crippen LogP contribution < -0.4 is 4.90 Å². The predicted molar refractivity (Wildman–Crippen MR) is 104 cm³/mol. The fourth-order valence-electron chi connectivity index (χ4n) is 3.79. The highest BCUT2D eigenvalue weighted by Crippen LogP contribution is 2.39. The number of benzene rings is 2. The largest absolute Gasteiger partial charge is 0.311 e. The Morgan fingerprint density at radius 3 is 2.44 bits per heavy atom. The van der Waals surface area contributed by atoms with Gasteiger partial charge in [0.25, 0.3) is 0 Å². The molecule has 1 aromatic heterocycles. The molecule has 4 nitrogen and oxygen atoms in total. The molecule has 0 N–H and O–H groups in total. The third-order valence-electron chi connectivity index (χ3n) is 5.12. The molecule has 4 rings (SSSR count). The van der Waals surface area contributed by atoms with E-state index in [2.05, 4.69) is 11.1 Å². The van der Waals surface area contributed by atoms with Gasteiger partial charge in [0.1, 0.15) is 0 Å². The maximum absolute atomic E-state index is 13.4. The van der Waals surface area contributed by atoms with Gasteiger partial charge in [-0.2, -0.15) is 5.26 Å². The lowest BCUT2D eigenvalue weighted by Crippen LogP contribution is -2.44. The molecule has 0 saturated carbocycles. The second-order valence-electron chi connectivity index (χ2n) is 6.72. The Labute approximate surface area is 158 Å². The molecule has 4 heteroatoms. The molecule has 0 bridgehead atoms. The Kier molecular flexibility index (Phi) is 4.67. The summed E-state index contributed by atoms with van der Waals surface area (Å²) in [5.74, 6) is -0.209. The van der Waals surface area contributed by atoms with Crippen LogP contribution in [0.1, 0.15) is 35.1 Å². The lowest BCUT2D eigenvalue weighted by molar-refractivity contribution is -0.121. The summed E-state index contributed by atoms with van der Waals surface area (Å²) in [7, 11) is 0. The Morgan fingerprint density at radius 2 is 1.70 bits per heavy atom. The number of piperidine rings is 1. The molecule has 0 radical (unpaired) electrons. The van der Waals surface area contributed by atoms with Crippen LogP contribution in [0.3, 0.4) is 0 Å². The van der Waals surface area contributed by atoms with Crippen molar-refractivity contribution in [2.24, 2.45) is 0 Å². The number of hydrogen-bond donors (Lipinski definition) is 0. The van der Waals surface area contributed by atoms with E-state index in [-0.39, 0.29) is 17.7 Å². The number of aromatic nitrogens is 1. The highest BCUT2D eigenvalue weighted by Gasteiger charge is 2.38. The SMILES string of the molecule is N#Cc1ccccc1C1CC(c2ccccn2)CN(c2ccccc2)C1=O. The average Bonchev–Trinajstić information content (AvgIpc) is 2.75. The molecule has 0 aliphatic carbocycles.